The van der Waals surface area contributed by atoms with Crippen molar-refractivity contribution in [1.82, 2.24) is 0 Å². The Labute approximate surface area is 214 Å². The topological polar surface area (TPSA) is 27.7 Å². The minimum Gasteiger partial charge on any atom is -0.377 e. The standard InChI is InChI=1S/C28H59ClO3Si/c1-7-8-9-10-11-12-13-14-15-16-17-18-19-20-21-22-24-27(2)28(3,29)25-23-26-33(30-4,31-5)32-6/h27H,7-26H2,1-6H3. The maximum atomic E-state index is 6.91. The van der Waals surface area contributed by atoms with Gasteiger partial charge in [0.1, 0.15) is 0 Å². The number of alkyl halides is 1. The van der Waals surface area contributed by atoms with Crippen molar-refractivity contribution >= 4 is 20.4 Å². The van der Waals surface area contributed by atoms with Gasteiger partial charge in [-0.2, -0.15) is 0 Å². The lowest BCUT2D eigenvalue weighted by Crippen LogP contribution is -2.43. The molecule has 0 saturated heterocycles. The summed E-state index contributed by atoms with van der Waals surface area (Å²) in [5.74, 6) is 0.523. The lowest BCUT2D eigenvalue weighted by Gasteiger charge is -2.31. The molecule has 0 heterocycles. The summed E-state index contributed by atoms with van der Waals surface area (Å²) in [5.41, 5.74) is 0. The van der Waals surface area contributed by atoms with Crippen molar-refractivity contribution in [3.05, 3.63) is 0 Å². The maximum absolute atomic E-state index is 6.91. The predicted octanol–water partition coefficient (Wildman–Crippen LogP) is 9.93. The molecular formula is C28H59ClO3Si. The van der Waals surface area contributed by atoms with Gasteiger partial charge in [0.2, 0.25) is 0 Å². The lowest BCUT2D eigenvalue weighted by atomic mass is 9.86. The van der Waals surface area contributed by atoms with Crippen LogP contribution in [0.1, 0.15) is 143 Å². The lowest BCUT2D eigenvalue weighted by molar-refractivity contribution is 0.122. The number of rotatable bonds is 25. The largest absolute Gasteiger partial charge is 0.500 e. The van der Waals surface area contributed by atoms with Gasteiger partial charge < -0.3 is 13.3 Å². The minimum atomic E-state index is -2.48. The molecule has 0 spiro atoms. The number of unbranched alkanes of at least 4 members (excludes halogenated alkanes) is 15. The van der Waals surface area contributed by atoms with Crippen LogP contribution in [0.2, 0.25) is 6.04 Å². The highest BCUT2D eigenvalue weighted by atomic mass is 35.5. The van der Waals surface area contributed by atoms with E-state index >= 15 is 0 Å². The van der Waals surface area contributed by atoms with E-state index in [0.717, 1.165) is 18.9 Å². The Kier molecular flexibility index (Phi) is 21.9. The minimum absolute atomic E-state index is 0.162. The van der Waals surface area contributed by atoms with Gasteiger partial charge in [0.25, 0.3) is 0 Å². The van der Waals surface area contributed by atoms with Gasteiger partial charge in [0.15, 0.2) is 0 Å². The van der Waals surface area contributed by atoms with Gasteiger partial charge in [-0.25, -0.2) is 0 Å². The summed E-state index contributed by atoms with van der Waals surface area (Å²) >= 11 is 6.91. The van der Waals surface area contributed by atoms with Crippen LogP contribution in [0.15, 0.2) is 0 Å². The first kappa shape index (κ1) is 33.4. The average molecular weight is 507 g/mol. The van der Waals surface area contributed by atoms with Crippen LogP contribution in [-0.2, 0) is 13.3 Å². The van der Waals surface area contributed by atoms with Crippen molar-refractivity contribution in [1.29, 1.82) is 0 Å². The van der Waals surface area contributed by atoms with Crippen LogP contribution >= 0.6 is 11.6 Å². The van der Waals surface area contributed by atoms with Crippen molar-refractivity contribution in [2.45, 2.75) is 154 Å². The highest BCUT2D eigenvalue weighted by molar-refractivity contribution is 6.60. The van der Waals surface area contributed by atoms with E-state index in [1.54, 1.807) is 21.3 Å². The van der Waals surface area contributed by atoms with Crippen molar-refractivity contribution in [3.8, 4) is 0 Å². The molecule has 0 aromatic carbocycles. The Morgan fingerprint density at radius 3 is 1.36 bits per heavy atom. The first-order valence-corrected chi connectivity index (χ1v) is 16.5. The molecule has 33 heavy (non-hydrogen) atoms. The highest BCUT2D eigenvalue weighted by Gasteiger charge is 2.38. The predicted molar refractivity (Wildman–Crippen MR) is 148 cm³/mol. The molecule has 5 heteroatoms. The normalized spacial score (nSPS) is 15.0. The molecule has 200 valence electrons. The first-order valence-electron chi connectivity index (χ1n) is 14.2. The first-order chi connectivity index (χ1) is 15.9. The zero-order valence-electron chi connectivity index (χ0n) is 23.3. The molecule has 0 fully saturated rings. The van der Waals surface area contributed by atoms with E-state index in [1.807, 2.05) is 0 Å². The van der Waals surface area contributed by atoms with Gasteiger partial charge in [-0.15, -0.1) is 11.6 Å². The summed E-state index contributed by atoms with van der Waals surface area (Å²) in [6.45, 7) is 6.80. The van der Waals surface area contributed by atoms with E-state index < -0.39 is 8.80 Å². The molecule has 0 amide bonds. The molecular weight excluding hydrogens is 448 g/mol. The molecule has 0 aliphatic carbocycles. The molecule has 3 nitrogen and oxygen atoms in total. The average Bonchev–Trinajstić information content (AvgIpc) is 2.81. The SMILES string of the molecule is CCCCCCCCCCCCCCCCCCC(C)C(C)(Cl)CCC[Si](OC)(OC)OC. The zero-order chi connectivity index (χ0) is 24.8. The summed E-state index contributed by atoms with van der Waals surface area (Å²) in [5, 5.41) is 0. The summed E-state index contributed by atoms with van der Waals surface area (Å²) in [6.07, 6.45) is 25.9. The molecule has 0 radical (unpaired) electrons. The molecule has 0 aliphatic heterocycles. The van der Waals surface area contributed by atoms with E-state index in [2.05, 4.69) is 20.8 Å². The molecule has 0 N–H and O–H groups in total. The third-order valence-electron chi connectivity index (χ3n) is 7.60. The third kappa shape index (κ3) is 17.5. The van der Waals surface area contributed by atoms with Gasteiger partial charge in [0.05, 0.1) is 0 Å². The van der Waals surface area contributed by atoms with Crippen molar-refractivity contribution in [3.63, 3.8) is 0 Å². The van der Waals surface area contributed by atoms with Gasteiger partial charge >= 0.3 is 8.80 Å². The Hall–Kier alpha value is 0.387. The number of halogens is 1. The molecule has 0 aromatic rings. The molecule has 0 bridgehead atoms. The Balaban J connectivity index is 3.61. The summed E-state index contributed by atoms with van der Waals surface area (Å²) < 4.78 is 16.6. The quantitative estimate of drug-likeness (QED) is 0.0699. The van der Waals surface area contributed by atoms with Crippen LogP contribution in [0.3, 0.4) is 0 Å². The van der Waals surface area contributed by atoms with Crippen LogP contribution in [-0.4, -0.2) is 35.0 Å². The Morgan fingerprint density at radius 2 is 1.00 bits per heavy atom. The van der Waals surface area contributed by atoms with E-state index in [9.17, 15) is 0 Å². The van der Waals surface area contributed by atoms with Crippen LogP contribution < -0.4 is 0 Å². The monoisotopic (exact) mass is 506 g/mol. The van der Waals surface area contributed by atoms with Crippen molar-refractivity contribution in [2.75, 3.05) is 21.3 Å². The van der Waals surface area contributed by atoms with Gasteiger partial charge in [0, 0.05) is 32.2 Å². The van der Waals surface area contributed by atoms with Crippen molar-refractivity contribution < 1.29 is 13.3 Å². The van der Waals surface area contributed by atoms with E-state index in [1.165, 1.54) is 109 Å². The molecule has 0 aromatic heterocycles. The van der Waals surface area contributed by atoms with E-state index in [-0.39, 0.29) is 4.87 Å². The van der Waals surface area contributed by atoms with Crippen molar-refractivity contribution in [2.24, 2.45) is 5.92 Å². The molecule has 0 rings (SSSR count). The third-order valence-corrected chi connectivity index (χ3v) is 11.0. The Bertz CT molecular complexity index is 408. The molecule has 0 aliphatic rings. The van der Waals surface area contributed by atoms with E-state index in [4.69, 9.17) is 24.9 Å². The summed E-state index contributed by atoms with van der Waals surface area (Å²) in [6, 6.07) is 0.824. The fraction of sp³-hybridized carbons (Fsp3) is 1.00. The second-order valence-corrected chi connectivity index (χ2v) is 14.4. The second-order valence-electron chi connectivity index (χ2n) is 10.4. The van der Waals surface area contributed by atoms with Crippen LogP contribution in [0.5, 0.6) is 0 Å². The van der Waals surface area contributed by atoms with E-state index in [0.29, 0.717) is 5.92 Å². The maximum Gasteiger partial charge on any atom is 0.500 e. The number of hydrogen-bond acceptors (Lipinski definition) is 3. The fourth-order valence-corrected chi connectivity index (χ4v) is 6.72. The van der Waals surface area contributed by atoms with Crippen LogP contribution in [0.4, 0.5) is 0 Å². The highest BCUT2D eigenvalue weighted by Crippen LogP contribution is 2.35. The van der Waals surface area contributed by atoms with Gasteiger partial charge in [-0.05, 0) is 32.1 Å². The second kappa shape index (κ2) is 21.7. The Morgan fingerprint density at radius 1 is 0.636 bits per heavy atom. The van der Waals surface area contributed by atoms with Crippen LogP contribution in [0, 0.1) is 5.92 Å². The number of hydrogen-bond donors (Lipinski definition) is 0. The van der Waals surface area contributed by atoms with Gasteiger partial charge in [-0.3, -0.25) is 0 Å². The molecule has 2 unspecified atom stereocenters. The summed E-state index contributed by atoms with van der Waals surface area (Å²) in [7, 11) is 2.56. The molecule has 0 saturated carbocycles. The summed E-state index contributed by atoms with van der Waals surface area (Å²) in [4.78, 5) is -0.162. The van der Waals surface area contributed by atoms with Gasteiger partial charge in [-0.1, -0.05) is 117 Å². The zero-order valence-corrected chi connectivity index (χ0v) is 25.1. The smallest absolute Gasteiger partial charge is 0.377 e. The van der Waals surface area contributed by atoms with Crippen LogP contribution in [0.25, 0.3) is 0 Å². The molecule has 2 atom stereocenters. The fourth-order valence-electron chi connectivity index (χ4n) is 4.75.